The van der Waals surface area contributed by atoms with Crippen LogP contribution in [0, 0.1) is 5.82 Å². The van der Waals surface area contributed by atoms with Crippen LogP contribution < -0.4 is 10.1 Å². The summed E-state index contributed by atoms with van der Waals surface area (Å²) in [6.45, 7) is 0.228. The molecule has 4 heteroatoms. The molecule has 0 spiro atoms. The maximum atomic E-state index is 13.0. The lowest BCUT2D eigenvalue weighted by Crippen LogP contribution is -2.19. The first kappa shape index (κ1) is 15.5. The number of halogens is 1. The molecule has 0 amide bonds. The molecule has 0 saturated heterocycles. The van der Waals surface area contributed by atoms with Crippen molar-refractivity contribution in [3.8, 4) is 5.75 Å². The van der Waals surface area contributed by atoms with Crippen molar-refractivity contribution < 1.29 is 13.9 Å². The van der Waals surface area contributed by atoms with Crippen molar-refractivity contribution in [2.75, 3.05) is 21.0 Å². The molecule has 1 unspecified atom stereocenters. The fourth-order valence-corrected chi connectivity index (χ4v) is 2.19. The molecule has 0 heterocycles. The van der Waals surface area contributed by atoms with Gasteiger partial charge in [-0.3, -0.25) is 0 Å². The van der Waals surface area contributed by atoms with Crippen LogP contribution in [0.1, 0.15) is 17.2 Å². The lowest BCUT2D eigenvalue weighted by molar-refractivity contribution is 0.0510. The summed E-state index contributed by atoms with van der Waals surface area (Å²) in [5.41, 5.74) is 2.20. The first-order valence-corrected chi connectivity index (χ1v) is 6.86. The Morgan fingerprint density at radius 2 is 1.90 bits per heavy atom. The number of rotatable bonds is 7. The average molecular weight is 289 g/mol. The van der Waals surface area contributed by atoms with E-state index >= 15 is 0 Å². The molecule has 112 valence electrons. The topological polar surface area (TPSA) is 30.5 Å². The molecule has 1 N–H and O–H groups in total. The molecule has 3 nitrogen and oxygen atoms in total. The Morgan fingerprint density at radius 3 is 2.57 bits per heavy atom. The van der Waals surface area contributed by atoms with E-state index in [-0.39, 0.29) is 18.7 Å². The second-order valence-corrected chi connectivity index (χ2v) is 4.80. The predicted molar refractivity (Wildman–Crippen MR) is 80.9 cm³/mol. The second-order valence-electron chi connectivity index (χ2n) is 4.80. The van der Waals surface area contributed by atoms with Gasteiger partial charge < -0.3 is 14.8 Å². The lowest BCUT2D eigenvalue weighted by atomic mass is 9.99. The van der Waals surface area contributed by atoms with Crippen LogP contribution in [0.4, 0.5) is 4.39 Å². The zero-order valence-electron chi connectivity index (χ0n) is 12.3. The normalized spacial score (nSPS) is 12.1. The maximum absolute atomic E-state index is 13.0. The van der Waals surface area contributed by atoms with Crippen molar-refractivity contribution in [1.82, 2.24) is 5.32 Å². The third kappa shape index (κ3) is 4.55. The van der Waals surface area contributed by atoms with Gasteiger partial charge in [0, 0.05) is 13.2 Å². The molecule has 2 aromatic rings. The molecule has 0 fully saturated rings. The van der Waals surface area contributed by atoms with Crippen molar-refractivity contribution in [2.24, 2.45) is 0 Å². The van der Waals surface area contributed by atoms with E-state index < -0.39 is 0 Å². The number of hydrogen-bond acceptors (Lipinski definition) is 3. The van der Waals surface area contributed by atoms with E-state index in [0.29, 0.717) is 0 Å². The van der Waals surface area contributed by atoms with E-state index in [2.05, 4.69) is 5.32 Å². The zero-order valence-corrected chi connectivity index (χ0v) is 12.3. The molecule has 0 aliphatic carbocycles. The second kappa shape index (κ2) is 7.76. The molecule has 0 aliphatic rings. The number of hydrogen-bond donors (Lipinski definition) is 1. The van der Waals surface area contributed by atoms with E-state index in [4.69, 9.17) is 9.47 Å². The van der Waals surface area contributed by atoms with Crippen LogP contribution in [-0.2, 0) is 11.2 Å². The average Bonchev–Trinajstić information content (AvgIpc) is 2.52. The summed E-state index contributed by atoms with van der Waals surface area (Å²) in [7, 11) is 3.51. The van der Waals surface area contributed by atoms with Crippen LogP contribution in [0.15, 0.2) is 48.5 Å². The number of ether oxygens (including phenoxy) is 2. The van der Waals surface area contributed by atoms with E-state index in [1.54, 1.807) is 7.11 Å². The first-order valence-electron chi connectivity index (χ1n) is 6.86. The summed E-state index contributed by atoms with van der Waals surface area (Å²) >= 11 is 0. The standard InChI is InChI=1S/C17H20FNO2/c1-19-17(10-13-6-8-15(18)9-7-13)14-4-3-5-16(11-14)21-12-20-2/h3-9,11,17,19H,10,12H2,1-2H3. The third-order valence-electron chi connectivity index (χ3n) is 3.31. The molecule has 0 aromatic heterocycles. The Labute approximate surface area is 124 Å². The Morgan fingerprint density at radius 1 is 1.14 bits per heavy atom. The quantitative estimate of drug-likeness (QED) is 0.793. The van der Waals surface area contributed by atoms with Gasteiger partial charge in [-0.05, 0) is 48.9 Å². The van der Waals surface area contributed by atoms with E-state index in [1.807, 2.05) is 43.4 Å². The highest BCUT2D eigenvalue weighted by atomic mass is 19.1. The third-order valence-corrected chi connectivity index (χ3v) is 3.31. The summed E-state index contributed by atoms with van der Waals surface area (Å²) in [5, 5.41) is 3.28. The van der Waals surface area contributed by atoms with E-state index in [0.717, 1.165) is 23.3 Å². The largest absolute Gasteiger partial charge is 0.468 e. The molecular weight excluding hydrogens is 269 g/mol. The fourth-order valence-electron chi connectivity index (χ4n) is 2.19. The molecule has 0 saturated carbocycles. The van der Waals surface area contributed by atoms with Gasteiger partial charge in [-0.2, -0.15) is 0 Å². The Hall–Kier alpha value is -1.91. The van der Waals surface area contributed by atoms with Crippen molar-refractivity contribution in [3.63, 3.8) is 0 Å². The number of likely N-dealkylation sites (N-methyl/N-ethyl adjacent to an activating group) is 1. The van der Waals surface area contributed by atoms with Gasteiger partial charge in [0.1, 0.15) is 11.6 Å². The molecule has 2 rings (SSSR count). The van der Waals surface area contributed by atoms with Crippen molar-refractivity contribution >= 4 is 0 Å². The minimum Gasteiger partial charge on any atom is -0.468 e. The van der Waals surface area contributed by atoms with E-state index in [9.17, 15) is 4.39 Å². The van der Waals surface area contributed by atoms with Gasteiger partial charge in [0.2, 0.25) is 0 Å². The molecule has 21 heavy (non-hydrogen) atoms. The van der Waals surface area contributed by atoms with Gasteiger partial charge >= 0.3 is 0 Å². The summed E-state index contributed by atoms with van der Waals surface area (Å²) in [4.78, 5) is 0. The summed E-state index contributed by atoms with van der Waals surface area (Å²) in [6.07, 6.45) is 0.782. The first-order chi connectivity index (χ1) is 10.2. The van der Waals surface area contributed by atoms with Crippen LogP contribution in [0.3, 0.4) is 0 Å². The van der Waals surface area contributed by atoms with Gasteiger partial charge in [-0.1, -0.05) is 24.3 Å². The SMILES string of the molecule is CNC(Cc1ccc(F)cc1)c1cccc(OCOC)c1. The number of methoxy groups -OCH3 is 1. The highest BCUT2D eigenvalue weighted by molar-refractivity contribution is 5.32. The van der Waals surface area contributed by atoms with Crippen LogP contribution in [0.5, 0.6) is 5.75 Å². The summed E-state index contributed by atoms with van der Waals surface area (Å²) < 4.78 is 23.3. The van der Waals surface area contributed by atoms with Crippen molar-refractivity contribution in [1.29, 1.82) is 0 Å². The Balaban J connectivity index is 2.11. The molecule has 0 bridgehead atoms. The van der Waals surface area contributed by atoms with Crippen LogP contribution >= 0.6 is 0 Å². The van der Waals surface area contributed by atoms with Gasteiger partial charge in [-0.15, -0.1) is 0 Å². The maximum Gasteiger partial charge on any atom is 0.188 e. The van der Waals surface area contributed by atoms with Gasteiger partial charge in [0.25, 0.3) is 0 Å². The van der Waals surface area contributed by atoms with Gasteiger partial charge in [-0.25, -0.2) is 4.39 Å². The molecule has 0 aliphatic heterocycles. The Bertz CT molecular complexity index is 557. The molecule has 0 radical (unpaired) electrons. The lowest BCUT2D eigenvalue weighted by Gasteiger charge is -2.18. The Kier molecular flexibility index (Phi) is 5.72. The molecular formula is C17H20FNO2. The van der Waals surface area contributed by atoms with Crippen LogP contribution in [0.25, 0.3) is 0 Å². The van der Waals surface area contributed by atoms with Gasteiger partial charge in [0.15, 0.2) is 6.79 Å². The number of benzene rings is 2. The highest BCUT2D eigenvalue weighted by Gasteiger charge is 2.11. The van der Waals surface area contributed by atoms with Crippen molar-refractivity contribution in [2.45, 2.75) is 12.5 Å². The predicted octanol–water partition coefficient (Wildman–Crippen LogP) is 3.31. The van der Waals surface area contributed by atoms with Crippen molar-refractivity contribution in [3.05, 3.63) is 65.5 Å². The summed E-state index contributed by atoms with van der Waals surface area (Å²) in [6, 6.07) is 14.6. The fraction of sp³-hybridized carbons (Fsp3) is 0.294. The van der Waals surface area contributed by atoms with Gasteiger partial charge in [0.05, 0.1) is 0 Å². The minimum absolute atomic E-state index is 0.140. The highest BCUT2D eigenvalue weighted by Crippen LogP contribution is 2.22. The van der Waals surface area contributed by atoms with Crippen LogP contribution in [0.2, 0.25) is 0 Å². The zero-order chi connectivity index (χ0) is 15.1. The molecule has 1 atom stereocenters. The number of nitrogens with one attached hydrogen (secondary N) is 1. The minimum atomic E-state index is -0.213. The molecule has 2 aromatic carbocycles. The monoisotopic (exact) mass is 289 g/mol. The summed E-state index contributed by atoms with van der Waals surface area (Å²) in [5.74, 6) is 0.559. The van der Waals surface area contributed by atoms with Crippen LogP contribution in [-0.4, -0.2) is 21.0 Å². The van der Waals surface area contributed by atoms with E-state index in [1.165, 1.54) is 12.1 Å². The smallest absolute Gasteiger partial charge is 0.188 e.